The molecule has 0 aromatic carbocycles. The van der Waals surface area contributed by atoms with Crippen molar-refractivity contribution in [3.05, 3.63) is 0 Å². The van der Waals surface area contributed by atoms with E-state index in [1.165, 1.54) is 12.5 Å². The van der Waals surface area contributed by atoms with Crippen molar-refractivity contribution in [1.29, 1.82) is 0 Å². The van der Waals surface area contributed by atoms with Crippen LogP contribution in [0.25, 0.3) is 0 Å². The van der Waals surface area contributed by atoms with E-state index in [2.05, 4.69) is 20.0 Å². The molecule has 40 valence electrons. The SMILES string of the molecule is CCC[SiH](C)C.[H-].[Li+]. The summed E-state index contributed by atoms with van der Waals surface area (Å²) < 4.78 is 0. The van der Waals surface area contributed by atoms with Gasteiger partial charge in [-0.05, 0) is 0 Å². The van der Waals surface area contributed by atoms with Crippen molar-refractivity contribution in [2.75, 3.05) is 0 Å². The second-order valence-corrected chi connectivity index (χ2v) is 5.55. The Labute approximate surface area is 62.0 Å². The maximum absolute atomic E-state index is 2.39. The van der Waals surface area contributed by atoms with E-state index < -0.39 is 0 Å². The molecule has 0 atom stereocenters. The quantitative estimate of drug-likeness (QED) is 0.400. The van der Waals surface area contributed by atoms with Gasteiger partial charge < -0.3 is 1.43 Å². The van der Waals surface area contributed by atoms with E-state index in [0.29, 0.717) is 0 Å². The zero-order valence-electron chi connectivity index (χ0n) is 6.99. The first-order valence-electron chi connectivity index (χ1n) is 2.77. The molecule has 0 aliphatic heterocycles. The van der Waals surface area contributed by atoms with E-state index in [9.17, 15) is 0 Å². The molecule has 0 aliphatic carbocycles. The molecule has 0 rings (SSSR count). The standard InChI is InChI=1S/C5H14Si.Li.H/c1-4-5-6(2)3;;/h6H,4-5H2,1-3H3;;/q;+1;-1. The minimum atomic E-state index is -0.171. The van der Waals surface area contributed by atoms with Gasteiger partial charge >= 0.3 is 18.9 Å². The van der Waals surface area contributed by atoms with Gasteiger partial charge in [-0.1, -0.05) is 32.5 Å². The normalized spacial score (nSPS) is 8.57. The van der Waals surface area contributed by atoms with Crippen molar-refractivity contribution in [2.45, 2.75) is 32.5 Å². The minimum Gasteiger partial charge on any atom is -1.00 e. The summed E-state index contributed by atoms with van der Waals surface area (Å²) in [5, 5.41) is 0. The summed E-state index contributed by atoms with van der Waals surface area (Å²) in [5.74, 6) is 0. The van der Waals surface area contributed by atoms with E-state index in [-0.39, 0.29) is 29.1 Å². The van der Waals surface area contributed by atoms with Crippen LogP contribution in [-0.4, -0.2) is 8.80 Å². The van der Waals surface area contributed by atoms with Crippen LogP contribution in [0.2, 0.25) is 19.1 Å². The molecular formula is C5H15LiSi. The average Bonchev–Trinajstić information content (AvgIpc) is 1.35. The Bertz CT molecular complexity index is 33.6. The first-order valence-corrected chi connectivity index (χ1v) is 5.90. The first-order chi connectivity index (χ1) is 2.77. The summed E-state index contributed by atoms with van der Waals surface area (Å²) in [6.07, 6.45) is 1.39. The minimum absolute atomic E-state index is 0. The fourth-order valence-corrected chi connectivity index (χ4v) is 1.73. The number of hydrogen-bond acceptors (Lipinski definition) is 0. The predicted octanol–water partition coefficient (Wildman–Crippen LogP) is -1.00. The maximum Gasteiger partial charge on any atom is 1.00 e. The Morgan fingerprint density at radius 2 is 1.86 bits per heavy atom. The molecule has 0 aromatic heterocycles. The molecule has 0 fully saturated rings. The Morgan fingerprint density at radius 3 is 1.86 bits per heavy atom. The van der Waals surface area contributed by atoms with Crippen molar-refractivity contribution < 1.29 is 20.3 Å². The Kier molecular flexibility index (Phi) is 10.4. The van der Waals surface area contributed by atoms with Crippen LogP contribution >= 0.6 is 0 Å². The van der Waals surface area contributed by atoms with Gasteiger partial charge in [0.25, 0.3) is 0 Å². The van der Waals surface area contributed by atoms with Crippen molar-refractivity contribution in [1.82, 2.24) is 0 Å². The molecule has 0 nitrogen and oxygen atoms in total. The van der Waals surface area contributed by atoms with Crippen molar-refractivity contribution in [2.24, 2.45) is 0 Å². The Balaban J connectivity index is -0.000000125. The van der Waals surface area contributed by atoms with Crippen LogP contribution in [0.1, 0.15) is 14.8 Å². The van der Waals surface area contributed by atoms with Gasteiger partial charge in [0.1, 0.15) is 0 Å². The molecule has 0 aromatic rings. The summed E-state index contributed by atoms with van der Waals surface area (Å²) in [6, 6.07) is 1.51. The fraction of sp³-hybridized carbons (Fsp3) is 1.00. The van der Waals surface area contributed by atoms with E-state index in [4.69, 9.17) is 0 Å². The summed E-state index contributed by atoms with van der Waals surface area (Å²) in [7, 11) is -0.171. The van der Waals surface area contributed by atoms with E-state index in [0.717, 1.165) is 0 Å². The van der Waals surface area contributed by atoms with E-state index >= 15 is 0 Å². The molecule has 0 bridgehead atoms. The largest absolute Gasteiger partial charge is 1.00 e. The molecular weight excluding hydrogens is 95.1 g/mol. The maximum atomic E-state index is 2.39. The molecule has 0 N–H and O–H groups in total. The van der Waals surface area contributed by atoms with Gasteiger partial charge in [0.05, 0.1) is 0 Å². The molecule has 0 unspecified atom stereocenters. The third-order valence-corrected chi connectivity index (χ3v) is 2.60. The van der Waals surface area contributed by atoms with Crippen LogP contribution in [0, 0.1) is 0 Å². The van der Waals surface area contributed by atoms with Crippen LogP contribution in [0.15, 0.2) is 0 Å². The third kappa shape index (κ3) is 10.9. The van der Waals surface area contributed by atoms with Crippen molar-refractivity contribution in [3.63, 3.8) is 0 Å². The summed E-state index contributed by atoms with van der Waals surface area (Å²) in [6.45, 7) is 7.04. The first kappa shape index (κ1) is 10.7. The Morgan fingerprint density at radius 1 is 1.43 bits per heavy atom. The van der Waals surface area contributed by atoms with Gasteiger partial charge in [-0.15, -0.1) is 0 Å². The van der Waals surface area contributed by atoms with Crippen LogP contribution in [0.5, 0.6) is 0 Å². The second kappa shape index (κ2) is 6.81. The summed E-state index contributed by atoms with van der Waals surface area (Å²) >= 11 is 0. The smallest absolute Gasteiger partial charge is 1.00 e. The molecule has 0 saturated heterocycles. The number of hydrogen-bond donors (Lipinski definition) is 0. The zero-order valence-corrected chi connectivity index (χ0v) is 7.15. The summed E-state index contributed by atoms with van der Waals surface area (Å²) in [5.41, 5.74) is 0. The van der Waals surface area contributed by atoms with Crippen molar-refractivity contribution in [3.8, 4) is 0 Å². The number of rotatable bonds is 2. The van der Waals surface area contributed by atoms with Gasteiger partial charge in [0.2, 0.25) is 0 Å². The molecule has 0 amide bonds. The molecule has 0 spiro atoms. The predicted molar refractivity (Wildman–Crippen MR) is 35.1 cm³/mol. The van der Waals surface area contributed by atoms with Gasteiger partial charge in [-0.2, -0.15) is 0 Å². The molecule has 0 radical (unpaired) electrons. The molecule has 7 heavy (non-hydrogen) atoms. The van der Waals surface area contributed by atoms with Crippen molar-refractivity contribution >= 4 is 8.80 Å². The second-order valence-electron chi connectivity index (χ2n) is 2.18. The van der Waals surface area contributed by atoms with Gasteiger partial charge in [-0.25, -0.2) is 0 Å². The Hall–Kier alpha value is 0.814. The zero-order chi connectivity index (χ0) is 4.99. The molecule has 0 saturated carbocycles. The average molecular weight is 110 g/mol. The molecule has 2 heteroatoms. The van der Waals surface area contributed by atoms with Gasteiger partial charge in [0.15, 0.2) is 0 Å². The molecule has 0 aliphatic rings. The molecule has 0 heterocycles. The van der Waals surface area contributed by atoms with E-state index in [1.807, 2.05) is 0 Å². The fourth-order valence-electron chi connectivity index (χ4n) is 0.577. The topological polar surface area (TPSA) is 0 Å². The third-order valence-electron chi connectivity index (χ3n) is 0.866. The van der Waals surface area contributed by atoms with Gasteiger partial charge in [0, 0.05) is 8.80 Å². The van der Waals surface area contributed by atoms with Crippen LogP contribution in [0.4, 0.5) is 0 Å². The monoisotopic (exact) mass is 110 g/mol. The summed E-state index contributed by atoms with van der Waals surface area (Å²) in [4.78, 5) is 0. The van der Waals surface area contributed by atoms with Crippen LogP contribution < -0.4 is 18.9 Å². The van der Waals surface area contributed by atoms with E-state index in [1.54, 1.807) is 0 Å². The van der Waals surface area contributed by atoms with Crippen LogP contribution in [0.3, 0.4) is 0 Å². The van der Waals surface area contributed by atoms with Crippen LogP contribution in [-0.2, 0) is 0 Å². The van der Waals surface area contributed by atoms with Gasteiger partial charge in [-0.3, -0.25) is 0 Å².